The van der Waals surface area contributed by atoms with Crippen molar-refractivity contribution in [3.63, 3.8) is 0 Å². The first-order valence-corrected chi connectivity index (χ1v) is 9.83. The minimum atomic E-state index is -5.00. The number of hydrogen-bond donors (Lipinski definition) is 3. The largest absolute Gasteiger partial charge is 0.496 e. The Kier molecular flexibility index (Phi) is 7.08. The maximum Gasteiger partial charge on any atom is 0.431 e. The number of nitrogens with one attached hydrogen (secondary N) is 3. The molecule has 1 amide bonds. The molecule has 35 heavy (non-hydrogen) atoms. The van der Waals surface area contributed by atoms with Gasteiger partial charge >= 0.3 is 18.0 Å². The van der Waals surface area contributed by atoms with Gasteiger partial charge in [-0.05, 0) is 35.4 Å². The van der Waals surface area contributed by atoms with Crippen LogP contribution in [0.15, 0.2) is 52.1 Å². The maximum absolute atomic E-state index is 13.3. The number of ether oxygens (including phenoxy) is 1. The lowest BCUT2D eigenvalue weighted by Crippen LogP contribution is -2.31. The topological polar surface area (TPSA) is 104 Å². The van der Waals surface area contributed by atoms with Crippen LogP contribution in [0.3, 0.4) is 0 Å². The quantitative estimate of drug-likeness (QED) is 0.449. The Morgan fingerprint density at radius 3 is 2.11 bits per heavy atom. The molecule has 3 N–H and O–H groups in total. The van der Waals surface area contributed by atoms with E-state index in [1.165, 1.54) is 37.4 Å². The van der Waals surface area contributed by atoms with Crippen LogP contribution >= 0.6 is 0 Å². The molecule has 1 aromatic heterocycles. The number of methoxy groups -OCH3 is 1. The number of alkyl halides is 6. The molecule has 0 unspecified atom stereocenters. The van der Waals surface area contributed by atoms with Crippen LogP contribution in [0.1, 0.15) is 38.3 Å². The van der Waals surface area contributed by atoms with E-state index in [9.17, 15) is 40.7 Å². The summed E-state index contributed by atoms with van der Waals surface area (Å²) in [5, 5.41) is 2.50. The fourth-order valence-electron chi connectivity index (χ4n) is 3.26. The van der Waals surface area contributed by atoms with E-state index in [-0.39, 0.29) is 23.4 Å². The number of aromatic amines is 2. The van der Waals surface area contributed by atoms with Crippen LogP contribution in [0, 0.1) is 0 Å². The van der Waals surface area contributed by atoms with E-state index in [0.29, 0.717) is 5.56 Å². The van der Waals surface area contributed by atoms with Gasteiger partial charge in [0.25, 0.3) is 11.5 Å². The van der Waals surface area contributed by atoms with E-state index in [0.717, 1.165) is 12.1 Å². The molecule has 7 nitrogen and oxygen atoms in total. The lowest BCUT2D eigenvalue weighted by molar-refractivity contribution is -0.142. The van der Waals surface area contributed by atoms with Crippen molar-refractivity contribution in [3.05, 3.63) is 96.8 Å². The molecule has 3 aromatic rings. The van der Waals surface area contributed by atoms with E-state index in [4.69, 9.17) is 4.74 Å². The third kappa shape index (κ3) is 6.11. The first-order chi connectivity index (χ1) is 16.3. The first kappa shape index (κ1) is 25.6. The van der Waals surface area contributed by atoms with Crippen molar-refractivity contribution in [3.8, 4) is 5.75 Å². The van der Waals surface area contributed by atoms with Gasteiger partial charge in [-0.2, -0.15) is 26.3 Å². The molecule has 0 saturated heterocycles. The molecule has 0 spiro atoms. The van der Waals surface area contributed by atoms with Crippen molar-refractivity contribution in [2.24, 2.45) is 0 Å². The van der Waals surface area contributed by atoms with Gasteiger partial charge < -0.3 is 15.0 Å². The summed E-state index contributed by atoms with van der Waals surface area (Å²) in [4.78, 5) is 39.4. The van der Waals surface area contributed by atoms with Crippen molar-refractivity contribution in [2.75, 3.05) is 7.11 Å². The van der Waals surface area contributed by atoms with E-state index in [1.807, 2.05) is 0 Å². The number of aromatic nitrogens is 2. The zero-order chi connectivity index (χ0) is 26.0. The summed E-state index contributed by atoms with van der Waals surface area (Å²) in [5.74, 6) is -0.639. The van der Waals surface area contributed by atoms with Crippen LogP contribution in [-0.2, 0) is 25.3 Å². The van der Waals surface area contributed by atoms with E-state index >= 15 is 0 Å². The molecule has 13 heteroatoms. The molecule has 3 rings (SSSR count). The van der Waals surface area contributed by atoms with Gasteiger partial charge in [-0.3, -0.25) is 14.6 Å². The Balaban J connectivity index is 1.85. The Labute approximate surface area is 192 Å². The smallest absolute Gasteiger partial charge is 0.431 e. The van der Waals surface area contributed by atoms with Crippen LogP contribution < -0.4 is 21.3 Å². The van der Waals surface area contributed by atoms with Crippen molar-refractivity contribution in [2.45, 2.75) is 25.3 Å². The summed E-state index contributed by atoms with van der Waals surface area (Å²) >= 11 is 0. The molecular weight excluding hydrogens is 484 g/mol. The van der Waals surface area contributed by atoms with Crippen molar-refractivity contribution < 1.29 is 35.9 Å². The van der Waals surface area contributed by atoms with Crippen LogP contribution in [0.4, 0.5) is 26.3 Å². The molecule has 2 aromatic carbocycles. The summed E-state index contributed by atoms with van der Waals surface area (Å²) < 4.78 is 83.1. The highest BCUT2D eigenvalue weighted by molar-refractivity contribution is 5.97. The SMILES string of the molecule is COc1ccc(Cc2c(C(F)(F)F)[nH]c(=O)[nH]c2=O)cc1C(=O)NCc1ccc(C(F)(F)F)cc1. The lowest BCUT2D eigenvalue weighted by Gasteiger charge is -2.14. The van der Waals surface area contributed by atoms with Gasteiger partial charge in [0.15, 0.2) is 0 Å². The van der Waals surface area contributed by atoms with Crippen molar-refractivity contribution in [1.82, 2.24) is 15.3 Å². The number of rotatable bonds is 6. The highest BCUT2D eigenvalue weighted by atomic mass is 19.4. The summed E-state index contributed by atoms with van der Waals surface area (Å²) in [6, 6.07) is 7.98. The summed E-state index contributed by atoms with van der Waals surface area (Å²) in [6.45, 7) is -0.137. The second-order valence-electron chi connectivity index (χ2n) is 7.35. The summed E-state index contributed by atoms with van der Waals surface area (Å²) in [6.07, 6.45) is -10.1. The zero-order valence-corrected chi connectivity index (χ0v) is 17.9. The van der Waals surface area contributed by atoms with Crippen molar-refractivity contribution >= 4 is 5.91 Å². The van der Waals surface area contributed by atoms with E-state index in [1.54, 1.807) is 9.97 Å². The highest BCUT2D eigenvalue weighted by Crippen LogP contribution is 2.30. The molecule has 0 saturated carbocycles. The van der Waals surface area contributed by atoms with Gasteiger partial charge in [-0.25, -0.2) is 4.79 Å². The molecule has 0 atom stereocenters. The average Bonchev–Trinajstić information content (AvgIpc) is 2.78. The first-order valence-electron chi connectivity index (χ1n) is 9.83. The Morgan fingerprint density at radius 1 is 0.914 bits per heavy atom. The number of H-pyrrole nitrogens is 2. The standard InChI is InChI=1S/C22H17F6N3O4/c1-35-16-7-4-12(9-15-17(22(26,27)28)30-20(34)31-19(15)33)8-14(16)18(32)29-10-11-2-5-13(6-3-11)21(23,24)25/h2-8H,9-10H2,1H3,(H,29,32)(H2,30,31,33,34). The van der Waals surface area contributed by atoms with Gasteiger partial charge in [0.05, 0.1) is 23.8 Å². The third-order valence-corrected chi connectivity index (χ3v) is 4.95. The lowest BCUT2D eigenvalue weighted by atomic mass is 10.0. The minimum Gasteiger partial charge on any atom is -0.496 e. The van der Waals surface area contributed by atoms with Gasteiger partial charge in [0.1, 0.15) is 11.4 Å². The highest BCUT2D eigenvalue weighted by Gasteiger charge is 2.36. The van der Waals surface area contributed by atoms with Gasteiger partial charge in [-0.1, -0.05) is 18.2 Å². The van der Waals surface area contributed by atoms with Gasteiger partial charge in [0, 0.05) is 13.0 Å². The Hall–Kier alpha value is -4.03. The molecule has 186 valence electrons. The van der Waals surface area contributed by atoms with Crippen LogP contribution in [0.2, 0.25) is 0 Å². The molecule has 1 heterocycles. The summed E-state index contributed by atoms with van der Waals surface area (Å²) in [5.41, 5.74) is -5.23. The molecule has 0 aliphatic carbocycles. The van der Waals surface area contributed by atoms with E-state index in [2.05, 4.69) is 5.32 Å². The van der Waals surface area contributed by atoms with Crippen molar-refractivity contribution in [1.29, 1.82) is 0 Å². The molecule has 0 aliphatic heterocycles. The molecule has 0 bridgehead atoms. The van der Waals surface area contributed by atoms with E-state index < -0.39 is 52.8 Å². The molecule has 0 fully saturated rings. The second-order valence-corrected chi connectivity index (χ2v) is 7.35. The average molecular weight is 501 g/mol. The van der Waals surface area contributed by atoms with Crippen LogP contribution in [0.5, 0.6) is 5.75 Å². The van der Waals surface area contributed by atoms with Crippen LogP contribution in [-0.4, -0.2) is 23.0 Å². The predicted octanol–water partition coefficient (Wildman–Crippen LogP) is 3.63. The fraction of sp³-hybridized carbons (Fsp3) is 0.227. The fourth-order valence-corrected chi connectivity index (χ4v) is 3.26. The normalized spacial score (nSPS) is 11.9. The predicted molar refractivity (Wildman–Crippen MR) is 111 cm³/mol. The number of benzene rings is 2. The Bertz CT molecular complexity index is 1340. The number of halogens is 6. The summed E-state index contributed by atoms with van der Waals surface area (Å²) in [7, 11) is 1.26. The van der Waals surface area contributed by atoms with Crippen LogP contribution in [0.25, 0.3) is 0 Å². The number of hydrogen-bond acceptors (Lipinski definition) is 4. The maximum atomic E-state index is 13.3. The van der Waals surface area contributed by atoms with Gasteiger partial charge in [0.2, 0.25) is 0 Å². The van der Waals surface area contributed by atoms with Gasteiger partial charge in [-0.15, -0.1) is 0 Å². The zero-order valence-electron chi connectivity index (χ0n) is 17.9. The molecule has 0 radical (unpaired) electrons. The second kappa shape index (κ2) is 9.68. The Morgan fingerprint density at radius 2 is 1.54 bits per heavy atom. The molecule has 0 aliphatic rings. The third-order valence-electron chi connectivity index (χ3n) is 4.95. The number of carbonyl (C=O) groups excluding carboxylic acids is 1. The monoisotopic (exact) mass is 501 g/mol. The number of carbonyl (C=O) groups is 1. The minimum absolute atomic E-state index is 0.0742. The number of amides is 1. The molecular formula is C22H17F6N3O4.